The molecule has 0 saturated heterocycles. The van der Waals surface area contributed by atoms with Gasteiger partial charge in [-0.05, 0) is 18.9 Å². The van der Waals surface area contributed by atoms with E-state index in [9.17, 15) is 0 Å². The quantitative estimate of drug-likeness (QED) is 0.707. The fourth-order valence-corrected chi connectivity index (χ4v) is 1.96. The third-order valence-electron chi connectivity index (χ3n) is 3.30. The smallest absolute Gasteiger partial charge is 0.162 e. The second kappa shape index (κ2) is 6.77. The summed E-state index contributed by atoms with van der Waals surface area (Å²) in [5.74, 6) is 1.74. The lowest BCUT2D eigenvalue weighted by Crippen LogP contribution is -2.13. The molecule has 0 radical (unpaired) electrons. The van der Waals surface area contributed by atoms with Gasteiger partial charge in [-0.15, -0.1) is 0 Å². The minimum atomic E-state index is 0.547. The van der Waals surface area contributed by atoms with Crippen molar-refractivity contribution in [3.8, 4) is 0 Å². The molecule has 96 valence electrons. The first kappa shape index (κ1) is 12.6. The van der Waals surface area contributed by atoms with Crippen LogP contribution in [0.25, 0.3) is 0 Å². The summed E-state index contributed by atoms with van der Waals surface area (Å²) in [6.07, 6.45) is 5.37. The van der Waals surface area contributed by atoms with E-state index in [2.05, 4.69) is 17.4 Å². The summed E-state index contributed by atoms with van der Waals surface area (Å²) in [6.45, 7) is 5.17. The number of nitrogens with one attached hydrogen (secondary N) is 1. The van der Waals surface area contributed by atoms with E-state index in [-0.39, 0.29) is 0 Å². The lowest BCUT2D eigenvalue weighted by Gasteiger charge is -2.24. The molecule has 1 aromatic heterocycles. The van der Waals surface area contributed by atoms with Crippen LogP contribution in [0.15, 0.2) is 10.6 Å². The van der Waals surface area contributed by atoms with E-state index in [1.54, 1.807) is 0 Å². The third-order valence-corrected chi connectivity index (χ3v) is 3.30. The highest BCUT2D eigenvalue weighted by molar-refractivity contribution is 5.04. The molecule has 1 aliphatic rings. The first-order chi connectivity index (χ1) is 8.38. The minimum absolute atomic E-state index is 0.547. The van der Waals surface area contributed by atoms with Crippen LogP contribution >= 0.6 is 0 Å². The van der Waals surface area contributed by atoms with Gasteiger partial charge in [-0.1, -0.05) is 31.3 Å². The van der Waals surface area contributed by atoms with E-state index in [4.69, 9.17) is 9.26 Å². The molecule has 1 aliphatic carbocycles. The summed E-state index contributed by atoms with van der Waals surface area (Å²) in [5, 5.41) is 7.19. The molecule has 1 fully saturated rings. The summed E-state index contributed by atoms with van der Waals surface area (Å²) in [5.41, 5.74) is 0.949. The maximum atomic E-state index is 5.59. The Kier molecular flexibility index (Phi) is 5.01. The Morgan fingerprint density at radius 2 is 2.41 bits per heavy atom. The minimum Gasteiger partial charge on any atom is -0.373 e. The van der Waals surface area contributed by atoms with Crippen LogP contribution in [0.4, 0.5) is 0 Å². The lowest BCUT2D eigenvalue weighted by atomic mass is 9.83. The molecule has 0 aromatic carbocycles. The van der Waals surface area contributed by atoms with Crippen LogP contribution in [0.3, 0.4) is 0 Å². The number of aromatic nitrogens is 1. The molecule has 2 rings (SSSR count). The Morgan fingerprint density at radius 3 is 3.12 bits per heavy atom. The van der Waals surface area contributed by atoms with Crippen molar-refractivity contribution in [2.24, 2.45) is 5.92 Å². The fourth-order valence-electron chi connectivity index (χ4n) is 1.96. The molecule has 0 bridgehead atoms. The van der Waals surface area contributed by atoms with Gasteiger partial charge in [-0.25, -0.2) is 0 Å². The average molecular weight is 238 g/mol. The Bertz CT molecular complexity index is 321. The molecule has 1 N–H and O–H groups in total. The van der Waals surface area contributed by atoms with Gasteiger partial charge in [0, 0.05) is 19.2 Å². The summed E-state index contributed by atoms with van der Waals surface area (Å²) < 4.78 is 10.8. The van der Waals surface area contributed by atoms with Gasteiger partial charge in [0.25, 0.3) is 0 Å². The molecule has 1 heterocycles. The van der Waals surface area contributed by atoms with Crippen molar-refractivity contribution in [3.63, 3.8) is 0 Å². The van der Waals surface area contributed by atoms with Crippen molar-refractivity contribution in [2.45, 2.75) is 45.8 Å². The Labute approximate surface area is 103 Å². The van der Waals surface area contributed by atoms with Crippen LogP contribution in [-0.2, 0) is 17.9 Å². The maximum Gasteiger partial charge on any atom is 0.162 e. The zero-order valence-corrected chi connectivity index (χ0v) is 10.6. The van der Waals surface area contributed by atoms with Gasteiger partial charge in [-0.3, -0.25) is 0 Å². The Morgan fingerprint density at radius 1 is 1.53 bits per heavy atom. The molecule has 1 aromatic rings. The highest BCUT2D eigenvalue weighted by Gasteiger charge is 2.16. The monoisotopic (exact) mass is 238 g/mol. The Hall–Kier alpha value is -0.870. The van der Waals surface area contributed by atoms with Crippen molar-refractivity contribution in [1.82, 2.24) is 10.5 Å². The number of hydrogen-bond donors (Lipinski definition) is 1. The summed E-state index contributed by atoms with van der Waals surface area (Å²) in [4.78, 5) is 0. The molecule has 4 heteroatoms. The second-order valence-electron chi connectivity index (χ2n) is 4.70. The maximum absolute atomic E-state index is 5.59. The van der Waals surface area contributed by atoms with Crippen LogP contribution in [0.1, 0.15) is 44.1 Å². The highest BCUT2D eigenvalue weighted by Crippen LogP contribution is 2.29. The predicted molar refractivity (Wildman–Crippen MR) is 65.5 cm³/mol. The van der Waals surface area contributed by atoms with Gasteiger partial charge in [0.15, 0.2) is 5.76 Å². The molecule has 0 amide bonds. The van der Waals surface area contributed by atoms with Crippen LogP contribution < -0.4 is 5.32 Å². The third kappa shape index (κ3) is 4.13. The summed E-state index contributed by atoms with van der Waals surface area (Å²) in [7, 11) is 0. The van der Waals surface area contributed by atoms with Crippen LogP contribution in [0.5, 0.6) is 0 Å². The van der Waals surface area contributed by atoms with Crippen molar-refractivity contribution < 1.29 is 9.26 Å². The molecule has 0 spiro atoms. The molecule has 0 atom stereocenters. The van der Waals surface area contributed by atoms with Crippen molar-refractivity contribution in [3.05, 3.63) is 17.5 Å². The molecule has 1 saturated carbocycles. The summed E-state index contributed by atoms with van der Waals surface area (Å²) in [6, 6.07) is 1.96. The first-order valence-corrected chi connectivity index (χ1v) is 6.61. The van der Waals surface area contributed by atoms with E-state index in [0.29, 0.717) is 6.61 Å². The van der Waals surface area contributed by atoms with Crippen molar-refractivity contribution >= 4 is 0 Å². The average Bonchev–Trinajstić information content (AvgIpc) is 2.71. The molecule has 4 nitrogen and oxygen atoms in total. The second-order valence-corrected chi connectivity index (χ2v) is 4.70. The number of nitrogens with zero attached hydrogens (tertiary/aromatic N) is 1. The zero-order valence-electron chi connectivity index (χ0n) is 10.6. The van der Waals surface area contributed by atoms with E-state index < -0.39 is 0 Å². The molecular weight excluding hydrogens is 216 g/mol. The number of hydrogen-bond acceptors (Lipinski definition) is 4. The molecular formula is C13H22N2O2. The van der Waals surface area contributed by atoms with Gasteiger partial charge in [0.1, 0.15) is 6.61 Å². The molecule has 0 aliphatic heterocycles. The normalized spacial score (nSPS) is 16.1. The van der Waals surface area contributed by atoms with E-state index >= 15 is 0 Å². The largest absolute Gasteiger partial charge is 0.373 e. The van der Waals surface area contributed by atoms with Crippen molar-refractivity contribution in [1.29, 1.82) is 0 Å². The van der Waals surface area contributed by atoms with Crippen LogP contribution in [0, 0.1) is 5.92 Å². The van der Waals surface area contributed by atoms with Crippen LogP contribution in [-0.4, -0.2) is 18.3 Å². The first-order valence-electron chi connectivity index (χ1n) is 6.61. The topological polar surface area (TPSA) is 47.3 Å². The van der Waals surface area contributed by atoms with Gasteiger partial charge in [-0.2, -0.15) is 0 Å². The van der Waals surface area contributed by atoms with Gasteiger partial charge < -0.3 is 14.6 Å². The number of rotatable bonds is 8. The molecule has 17 heavy (non-hydrogen) atoms. The lowest BCUT2D eigenvalue weighted by molar-refractivity contribution is 0.0799. The highest BCUT2D eigenvalue weighted by atomic mass is 16.5. The fraction of sp³-hybridized carbons (Fsp3) is 0.769. The van der Waals surface area contributed by atoms with E-state index in [1.807, 2.05) is 6.07 Å². The Balaban J connectivity index is 1.59. The van der Waals surface area contributed by atoms with Gasteiger partial charge >= 0.3 is 0 Å². The zero-order chi connectivity index (χ0) is 11.9. The standard InChI is InChI=1S/C13H22N2O2/c1-2-14-9-12-8-13(17-15-12)10-16-7-6-11-4-3-5-11/h8,11,14H,2-7,9-10H2,1H3. The van der Waals surface area contributed by atoms with Crippen molar-refractivity contribution in [2.75, 3.05) is 13.2 Å². The SMILES string of the molecule is CCNCc1cc(COCCC2CCC2)on1. The molecule has 0 unspecified atom stereocenters. The van der Waals surface area contributed by atoms with E-state index in [1.165, 1.54) is 25.7 Å². The predicted octanol–water partition coefficient (Wildman–Crippen LogP) is 2.49. The van der Waals surface area contributed by atoms with Crippen LogP contribution in [0.2, 0.25) is 0 Å². The van der Waals surface area contributed by atoms with Gasteiger partial charge in [0.05, 0.1) is 5.69 Å². The van der Waals surface area contributed by atoms with E-state index in [0.717, 1.165) is 37.1 Å². The summed E-state index contributed by atoms with van der Waals surface area (Å²) >= 11 is 0. The van der Waals surface area contributed by atoms with Gasteiger partial charge in [0.2, 0.25) is 0 Å². The number of ether oxygens (including phenoxy) is 1.